The zero-order valence-electron chi connectivity index (χ0n) is 4.52. The molecule has 0 saturated carbocycles. The fourth-order valence-corrected chi connectivity index (χ4v) is 0.229. The summed E-state index contributed by atoms with van der Waals surface area (Å²) in [5.74, 6) is 0.627. The van der Waals surface area contributed by atoms with Crippen molar-refractivity contribution in [3.63, 3.8) is 0 Å². The number of rotatable bonds is 2. The molecule has 0 heterocycles. The fraction of sp³-hybridized carbons (Fsp3) is 0.750. The highest BCUT2D eigenvalue weighted by molar-refractivity contribution is 5.79. The van der Waals surface area contributed by atoms with Crippen LogP contribution in [-0.2, 0) is 0 Å². The summed E-state index contributed by atoms with van der Waals surface area (Å²) in [6.07, 6.45) is 0.789. The summed E-state index contributed by atoms with van der Waals surface area (Å²) in [5.41, 5.74) is 10.3. The Kier molecular flexibility index (Phi) is 3.32. The highest BCUT2D eigenvalue weighted by Crippen LogP contribution is 1.72. The van der Waals surface area contributed by atoms with Crippen molar-refractivity contribution in [1.82, 2.24) is 0 Å². The predicted octanol–water partition coefficient (Wildman–Crippen LogP) is -0.330. The van der Waals surface area contributed by atoms with Crippen molar-refractivity contribution in [2.24, 2.45) is 16.5 Å². The molecule has 0 radical (unpaired) electrons. The van der Waals surface area contributed by atoms with Gasteiger partial charge in [0, 0.05) is 6.42 Å². The SMILES string of the molecule is CC/C(N)=N\CN. The molecule has 0 spiro atoms. The minimum absolute atomic E-state index is 0.305. The zero-order valence-corrected chi connectivity index (χ0v) is 4.52. The van der Waals surface area contributed by atoms with Crippen molar-refractivity contribution < 1.29 is 0 Å². The minimum atomic E-state index is 0.305. The van der Waals surface area contributed by atoms with E-state index in [-0.39, 0.29) is 0 Å². The summed E-state index contributed by atoms with van der Waals surface area (Å²) in [6, 6.07) is 0. The number of amidine groups is 1. The molecule has 0 aromatic rings. The van der Waals surface area contributed by atoms with Gasteiger partial charge in [-0.3, -0.25) is 4.99 Å². The number of nitrogens with two attached hydrogens (primary N) is 2. The van der Waals surface area contributed by atoms with Gasteiger partial charge in [0.05, 0.1) is 12.5 Å². The minimum Gasteiger partial charge on any atom is -0.387 e. The first-order valence-electron chi connectivity index (χ1n) is 2.30. The van der Waals surface area contributed by atoms with Crippen LogP contribution < -0.4 is 11.5 Å². The quantitative estimate of drug-likeness (QED) is 0.369. The molecule has 0 atom stereocenters. The average molecular weight is 101 g/mol. The van der Waals surface area contributed by atoms with E-state index in [1.54, 1.807) is 0 Å². The van der Waals surface area contributed by atoms with Crippen LogP contribution in [0.15, 0.2) is 4.99 Å². The molecular formula is C4H11N3. The van der Waals surface area contributed by atoms with Crippen molar-refractivity contribution in [1.29, 1.82) is 0 Å². The zero-order chi connectivity index (χ0) is 5.70. The topological polar surface area (TPSA) is 64.4 Å². The normalized spacial score (nSPS) is 12.0. The van der Waals surface area contributed by atoms with Gasteiger partial charge in [-0.15, -0.1) is 0 Å². The number of hydrogen-bond acceptors (Lipinski definition) is 2. The van der Waals surface area contributed by atoms with E-state index in [2.05, 4.69) is 4.99 Å². The highest BCUT2D eigenvalue weighted by Gasteiger charge is 1.78. The van der Waals surface area contributed by atoms with Crippen LogP contribution in [0.1, 0.15) is 13.3 Å². The second kappa shape index (κ2) is 3.61. The molecule has 0 amide bonds. The number of aliphatic imine (C=N–C) groups is 1. The summed E-state index contributed by atoms with van der Waals surface area (Å²) in [4.78, 5) is 3.72. The number of nitrogens with zero attached hydrogens (tertiary/aromatic N) is 1. The monoisotopic (exact) mass is 101 g/mol. The van der Waals surface area contributed by atoms with Crippen LogP contribution in [0.25, 0.3) is 0 Å². The molecule has 7 heavy (non-hydrogen) atoms. The Labute approximate surface area is 43.4 Å². The van der Waals surface area contributed by atoms with E-state index in [9.17, 15) is 0 Å². The van der Waals surface area contributed by atoms with Gasteiger partial charge in [0.15, 0.2) is 0 Å². The highest BCUT2D eigenvalue weighted by atomic mass is 14.9. The van der Waals surface area contributed by atoms with Gasteiger partial charge in [-0.1, -0.05) is 6.92 Å². The van der Waals surface area contributed by atoms with E-state index in [4.69, 9.17) is 11.5 Å². The molecule has 0 aliphatic rings. The van der Waals surface area contributed by atoms with Gasteiger partial charge < -0.3 is 11.5 Å². The van der Waals surface area contributed by atoms with Gasteiger partial charge in [0.2, 0.25) is 0 Å². The second-order valence-corrected chi connectivity index (χ2v) is 1.19. The van der Waals surface area contributed by atoms with Gasteiger partial charge in [0.1, 0.15) is 0 Å². The molecule has 3 nitrogen and oxygen atoms in total. The van der Waals surface area contributed by atoms with E-state index in [0.717, 1.165) is 6.42 Å². The van der Waals surface area contributed by atoms with Gasteiger partial charge >= 0.3 is 0 Å². The largest absolute Gasteiger partial charge is 0.387 e. The molecule has 0 rings (SSSR count). The fourth-order valence-electron chi connectivity index (χ4n) is 0.229. The van der Waals surface area contributed by atoms with Crippen molar-refractivity contribution in [2.75, 3.05) is 6.67 Å². The Morgan fingerprint density at radius 3 is 2.43 bits per heavy atom. The molecule has 0 unspecified atom stereocenters. The standard InChI is InChI=1S/C4H11N3/c1-2-4(6)7-3-5/h2-3,5H2,1H3,(H2,6,7). The third kappa shape index (κ3) is 3.26. The summed E-state index contributed by atoms with van der Waals surface area (Å²) < 4.78 is 0. The predicted molar refractivity (Wildman–Crippen MR) is 31.0 cm³/mol. The lowest BCUT2D eigenvalue weighted by Gasteiger charge is -1.88. The Morgan fingerprint density at radius 2 is 2.29 bits per heavy atom. The van der Waals surface area contributed by atoms with Gasteiger partial charge in [0.25, 0.3) is 0 Å². The Bertz CT molecular complexity index is 67.3. The van der Waals surface area contributed by atoms with E-state index in [1.807, 2.05) is 6.92 Å². The van der Waals surface area contributed by atoms with Gasteiger partial charge in [-0.05, 0) is 0 Å². The van der Waals surface area contributed by atoms with Gasteiger partial charge in [-0.25, -0.2) is 0 Å². The van der Waals surface area contributed by atoms with Crippen molar-refractivity contribution in [2.45, 2.75) is 13.3 Å². The Hall–Kier alpha value is -0.570. The molecule has 0 fully saturated rings. The molecule has 0 aliphatic carbocycles. The van der Waals surface area contributed by atoms with Gasteiger partial charge in [-0.2, -0.15) is 0 Å². The van der Waals surface area contributed by atoms with Crippen LogP contribution in [0.5, 0.6) is 0 Å². The lowest BCUT2D eigenvalue weighted by molar-refractivity contribution is 1.04. The Balaban J connectivity index is 3.29. The molecule has 0 aromatic heterocycles. The van der Waals surface area contributed by atoms with Crippen LogP contribution in [0.2, 0.25) is 0 Å². The first-order valence-corrected chi connectivity index (χ1v) is 2.30. The van der Waals surface area contributed by atoms with Crippen molar-refractivity contribution in [3.8, 4) is 0 Å². The van der Waals surface area contributed by atoms with Crippen LogP contribution in [0.4, 0.5) is 0 Å². The van der Waals surface area contributed by atoms with E-state index in [1.165, 1.54) is 0 Å². The van der Waals surface area contributed by atoms with Crippen LogP contribution in [0.3, 0.4) is 0 Å². The van der Waals surface area contributed by atoms with E-state index >= 15 is 0 Å². The molecule has 0 saturated heterocycles. The van der Waals surface area contributed by atoms with Crippen LogP contribution in [-0.4, -0.2) is 12.5 Å². The third-order valence-corrected chi connectivity index (χ3v) is 0.657. The lowest BCUT2D eigenvalue weighted by atomic mass is 10.5. The van der Waals surface area contributed by atoms with Crippen LogP contribution >= 0.6 is 0 Å². The summed E-state index contributed by atoms with van der Waals surface area (Å²) >= 11 is 0. The molecule has 0 aromatic carbocycles. The number of hydrogen-bond donors (Lipinski definition) is 2. The first kappa shape index (κ1) is 6.43. The summed E-state index contributed by atoms with van der Waals surface area (Å²) in [5, 5.41) is 0. The second-order valence-electron chi connectivity index (χ2n) is 1.19. The first-order chi connectivity index (χ1) is 3.31. The van der Waals surface area contributed by atoms with Crippen molar-refractivity contribution >= 4 is 5.84 Å². The molecule has 0 aliphatic heterocycles. The maximum Gasteiger partial charge on any atom is 0.0950 e. The molecular weight excluding hydrogens is 90.1 g/mol. The van der Waals surface area contributed by atoms with Crippen LogP contribution in [0, 0.1) is 0 Å². The summed E-state index contributed by atoms with van der Waals surface area (Å²) in [6.45, 7) is 2.24. The molecule has 3 heteroatoms. The summed E-state index contributed by atoms with van der Waals surface area (Å²) in [7, 11) is 0. The molecule has 0 bridgehead atoms. The van der Waals surface area contributed by atoms with E-state index < -0.39 is 0 Å². The smallest absolute Gasteiger partial charge is 0.0950 e. The average Bonchev–Trinajstić information content (AvgIpc) is 1.68. The maximum atomic E-state index is 5.25. The molecule has 4 N–H and O–H groups in total. The van der Waals surface area contributed by atoms with E-state index in [0.29, 0.717) is 12.5 Å². The third-order valence-electron chi connectivity index (χ3n) is 0.657. The Morgan fingerprint density at radius 1 is 1.71 bits per heavy atom. The van der Waals surface area contributed by atoms with Crippen molar-refractivity contribution in [3.05, 3.63) is 0 Å². The lowest BCUT2D eigenvalue weighted by Crippen LogP contribution is -2.12. The maximum absolute atomic E-state index is 5.25. The molecule has 42 valence electrons.